The zero-order chi connectivity index (χ0) is 7.56. The third kappa shape index (κ3) is 2.32. The number of rotatable bonds is 2. The van der Waals surface area contributed by atoms with E-state index in [1.54, 1.807) is 11.9 Å². The van der Waals surface area contributed by atoms with Crippen LogP contribution >= 0.6 is 12.4 Å². The van der Waals surface area contributed by atoms with Gasteiger partial charge in [0.2, 0.25) is 5.91 Å². The van der Waals surface area contributed by atoms with E-state index < -0.39 is 0 Å². The fraction of sp³-hybridized carbons (Fsp3) is 0.833. The molecule has 0 spiro atoms. The number of nitrogens with one attached hydrogen (secondary N) is 1. The van der Waals surface area contributed by atoms with E-state index in [1.807, 2.05) is 0 Å². The van der Waals surface area contributed by atoms with Crippen LogP contribution in [0.5, 0.6) is 0 Å². The second-order valence-corrected chi connectivity index (χ2v) is 2.52. The molecule has 1 fully saturated rings. The molecule has 11 heavy (non-hydrogen) atoms. The van der Waals surface area contributed by atoms with Gasteiger partial charge in [-0.3, -0.25) is 4.79 Å². The maximum absolute atomic E-state index is 10.9. The first-order valence-corrected chi connectivity index (χ1v) is 3.42. The number of halogens is 1. The van der Waals surface area contributed by atoms with Crippen LogP contribution in [0.2, 0.25) is 0 Å². The van der Waals surface area contributed by atoms with Crippen LogP contribution in [0.3, 0.4) is 0 Å². The molecule has 0 aliphatic carbocycles. The molecule has 0 bridgehead atoms. The average Bonchev–Trinajstić information content (AvgIpc) is 1.82. The Morgan fingerprint density at radius 3 is 2.55 bits per heavy atom. The number of hydrogen-bond acceptors (Lipinski definition) is 3. The highest BCUT2D eigenvalue weighted by molar-refractivity contribution is 5.85. The summed E-state index contributed by atoms with van der Waals surface area (Å²) in [5, 5.41) is 3.09. The van der Waals surface area contributed by atoms with E-state index in [-0.39, 0.29) is 24.9 Å². The van der Waals surface area contributed by atoms with Crippen molar-refractivity contribution in [1.82, 2.24) is 10.2 Å². The van der Waals surface area contributed by atoms with Crippen molar-refractivity contribution in [3.8, 4) is 0 Å². The standard InChI is InChI=1S/C6H13N3O.ClH/c1-9(6(10)2-7)5-3-8-4-5;/h5,8H,2-4,7H2,1H3;1H. The summed E-state index contributed by atoms with van der Waals surface area (Å²) in [5.41, 5.74) is 5.18. The van der Waals surface area contributed by atoms with Gasteiger partial charge in [0, 0.05) is 20.1 Å². The number of nitrogens with zero attached hydrogens (tertiary/aromatic N) is 1. The van der Waals surface area contributed by atoms with Gasteiger partial charge in [-0.05, 0) is 0 Å². The van der Waals surface area contributed by atoms with Crippen LogP contribution in [-0.4, -0.2) is 43.5 Å². The lowest BCUT2D eigenvalue weighted by Gasteiger charge is -2.35. The third-order valence-corrected chi connectivity index (χ3v) is 1.88. The van der Waals surface area contributed by atoms with Crippen molar-refractivity contribution in [1.29, 1.82) is 0 Å². The lowest BCUT2D eigenvalue weighted by molar-refractivity contribution is -0.131. The molecule has 4 nitrogen and oxygen atoms in total. The highest BCUT2D eigenvalue weighted by Gasteiger charge is 2.23. The first-order chi connectivity index (χ1) is 4.75. The Bertz CT molecular complexity index is 138. The largest absolute Gasteiger partial charge is 0.339 e. The van der Waals surface area contributed by atoms with Gasteiger partial charge in [-0.2, -0.15) is 0 Å². The molecule has 1 aliphatic rings. The van der Waals surface area contributed by atoms with Crippen molar-refractivity contribution in [2.45, 2.75) is 6.04 Å². The summed E-state index contributed by atoms with van der Waals surface area (Å²) < 4.78 is 0. The fourth-order valence-corrected chi connectivity index (χ4v) is 0.895. The average molecular weight is 180 g/mol. The minimum atomic E-state index is 0. The van der Waals surface area contributed by atoms with Crippen molar-refractivity contribution in [2.24, 2.45) is 5.73 Å². The van der Waals surface area contributed by atoms with Gasteiger partial charge < -0.3 is 16.0 Å². The smallest absolute Gasteiger partial charge is 0.236 e. The molecule has 5 heteroatoms. The Hall–Kier alpha value is -0.320. The van der Waals surface area contributed by atoms with Crippen LogP contribution in [0.4, 0.5) is 0 Å². The number of likely N-dealkylation sites (N-methyl/N-ethyl adjacent to an activating group) is 1. The fourth-order valence-electron chi connectivity index (χ4n) is 0.895. The molecule has 0 saturated carbocycles. The van der Waals surface area contributed by atoms with Crippen LogP contribution < -0.4 is 11.1 Å². The number of carbonyl (C=O) groups is 1. The van der Waals surface area contributed by atoms with Gasteiger partial charge in [-0.15, -0.1) is 12.4 Å². The molecule has 1 amide bonds. The van der Waals surface area contributed by atoms with Gasteiger partial charge in [-0.1, -0.05) is 0 Å². The zero-order valence-corrected chi connectivity index (χ0v) is 7.36. The number of amides is 1. The second kappa shape index (κ2) is 4.54. The van der Waals surface area contributed by atoms with E-state index >= 15 is 0 Å². The summed E-state index contributed by atoms with van der Waals surface area (Å²) in [6.07, 6.45) is 0. The Kier molecular flexibility index (Phi) is 4.40. The highest BCUT2D eigenvalue weighted by atomic mass is 35.5. The molecule has 0 unspecified atom stereocenters. The normalized spacial score (nSPS) is 16.5. The monoisotopic (exact) mass is 179 g/mol. The number of hydrogen-bond donors (Lipinski definition) is 2. The van der Waals surface area contributed by atoms with E-state index in [0.29, 0.717) is 6.04 Å². The van der Waals surface area contributed by atoms with Gasteiger partial charge in [-0.25, -0.2) is 0 Å². The van der Waals surface area contributed by atoms with Crippen molar-refractivity contribution < 1.29 is 4.79 Å². The summed E-state index contributed by atoms with van der Waals surface area (Å²) in [7, 11) is 1.79. The number of nitrogens with two attached hydrogens (primary N) is 1. The zero-order valence-electron chi connectivity index (χ0n) is 6.54. The van der Waals surface area contributed by atoms with Crippen LogP contribution in [0.15, 0.2) is 0 Å². The maximum atomic E-state index is 10.9. The predicted octanol–water partition coefficient (Wildman–Crippen LogP) is -1.20. The molecule has 1 saturated heterocycles. The van der Waals surface area contributed by atoms with Crippen LogP contribution in [0.25, 0.3) is 0 Å². The summed E-state index contributed by atoms with van der Waals surface area (Å²) in [6.45, 7) is 1.93. The first kappa shape index (κ1) is 10.7. The number of carbonyl (C=O) groups excluding carboxylic acids is 1. The van der Waals surface area contributed by atoms with E-state index in [0.717, 1.165) is 13.1 Å². The molecular formula is C6H14ClN3O. The molecule has 0 aromatic rings. The Morgan fingerprint density at radius 1 is 1.73 bits per heavy atom. The van der Waals surface area contributed by atoms with Crippen molar-refractivity contribution in [2.75, 3.05) is 26.7 Å². The van der Waals surface area contributed by atoms with Crippen molar-refractivity contribution in [3.05, 3.63) is 0 Å². The van der Waals surface area contributed by atoms with Crippen molar-refractivity contribution >= 4 is 18.3 Å². The van der Waals surface area contributed by atoms with Gasteiger partial charge in [0.25, 0.3) is 0 Å². The summed E-state index contributed by atoms with van der Waals surface area (Å²) >= 11 is 0. The SMILES string of the molecule is CN(C(=O)CN)C1CNC1.Cl. The second-order valence-electron chi connectivity index (χ2n) is 2.52. The van der Waals surface area contributed by atoms with E-state index in [1.165, 1.54) is 0 Å². The molecule has 1 aliphatic heterocycles. The molecule has 0 aromatic carbocycles. The van der Waals surface area contributed by atoms with Gasteiger partial charge >= 0.3 is 0 Å². The predicted molar refractivity (Wildman–Crippen MR) is 45.7 cm³/mol. The molecule has 1 rings (SSSR count). The topological polar surface area (TPSA) is 58.4 Å². The quantitative estimate of drug-likeness (QED) is 0.560. The minimum Gasteiger partial charge on any atom is -0.339 e. The molecule has 1 heterocycles. The Balaban J connectivity index is 0.000001000. The van der Waals surface area contributed by atoms with Crippen LogP contribution in [0.1, 0.15) is 0 Å². The first-order valence-electron chi connectivity index (χ1n) is 3.42. The molecule has 0 radical (unpaired) electrons. The van der Waals surface area contributed by atoms with Crippen LogP contribution in [-0.2, 0) is 4.79 Å². The highest BCUT2D eigenvalue weighted by Crippen LogP contribution is 2.00. The lowest BCUT2D eigenvalue weighted by atomic mass is 10.1. The molecule has 0 aromatic heterocycles. The molecule has 66 valence electrons. The van der Waals surface area contributed by atoms with Crippen LogP contribution in [0, 0.1) is 0 Å². The summed E-state index contributed by atoms with van der Waals surface area (Å²) in [4.78, 5) is 12.6. The minimum absolute atomic E-state index is 0. The molecular weight excluding hydrogens is 166 g/mol. The molecule has 3 N–H and O–H groups in total. The molecule has 0 atom stereocenters. The van der Waals surface area contributed by atoms with E-state index in [2.05, 4.69) is 5.32 Å². The summed E-state index contributed by atoms with van der Waals surface area (Å²) in [6, 6.07) is 0.371. The maximum Gasteiger partial charge on any atom is 0.236 e. The van der Waals surface area contributed by atoms with Crippen molar-refractivity contribution in [3.63, 3.8) is 0 Å². The van der Waals surface area contributed by atoms with E-state index in [4.69, 9.17) is 5.73 Å². The Morgan fingerprint density at radius 2 is 2.27 bits per heavy atom. The van der Waals surface area contributed by atoms with Gasteiger partial charge in [0.05, 0.1) is 12.6 Å². The Labute approximate surface area is 72.5 Å². The van der Waals surface area contributed by atoms with E-state index in [9.17, 15) is 4.79 Å². The summed E-state index contributed by atoms with van der Waals surface area (Å²) in [5.74, 6) is 0.0199. The van der Waals surface area contributed by atoms with Gasteiger partial charge in [0.15, 0.2) is 0 Å². The lowest BCUT2D eigenvalue weighted by Crippen LogP contribution is -2.58. The van der Waals surface area contributed by atoms with Gasteiger partial charge in [0.1, 0.15) is 0 Å². The third-order valence-electron chi connectivity index (χ3n) is 1.88.